The summed E-state index contributed by atoms with van der Waals surface area (Å²) in [5.74, 6) is -5.97. The molecule has 0 amide bonds. The SMILES string of the molecule is CCOCC(c1ccc(F)c(F)c1OC)C(C)C(F)(F)F. The number of halogens is 5. The Bertz CT molecular complexity index is 473. The van der Waals surface area contributed by atoms with Gasteiger partial charge >= 0.3 is 6.18 Å². The Balaban J connectivity index is 3.29. The Morgan fingerprint density at radius 2 is 1.81 bits per heavy atom. The quantitative estimate of drug-likeness (QED) is 0.730. The molecule has 0 N–H and O–H groups in total. The lowest BCUT2D eigenvalue weighted by molar-refractivity contribution is -0.179. The molecule has 0 aromatic heterocycles. The molecule has 1 aromatic carbocycles. The van der Waals surface area contributed by atoms with Gasteiger partial charge in [-0.05, 0) is 13.0 Å². The summed E-state index contributed by atoms with van der Waals surface area (Å²) in [7, 11) is 1.08. The second kappa shape index (κ2) is 7.06. The highest BCUT2D eigenvalue weighted by molar-refractivity contribution is 5.39. The largest absolute Gasteiger partial charge is 0.493 e. The third kappa shape index (κ3) is 4.06. The van der Waals surface area contributed by atoms with Crippen molar-refractivity contribution < 1.29 is 31.4 Å². The highest BCUT2D eigenvalue weighted by Crippen LogP contribution is 2.41. The molecule has 2 atom stereocenters. The van der Waals surface area contributed by atoms with Crippen LogP contribution in [0.4, 0.5) is 22.0 Å². The predicted octanol–water partition coefficient (Wildman–Crippen LogP) is 4.29. The molecular formula is C14H17F5O2. The van der Waals surface area contributed by atoms with Crippen molar-refractivity contribution in [3.63, 3.8) is 0 Å². The fourth-order valence-corrected chi connectivity index (χ4v) is 2.02. The Kier molecular flexibility index (Phi) is 5.95. The highest BCUT2D eigenvalue weighted by Gasteiger charge is 2.43. The topological polar surface area (TPSA) is 18.5 Å². The van der Waals surface area contributed by atoms with Crippen molar-refractivity contribution in [2.24, 2.45) is 5.92 Å². The second-order valence-corrected chi connectivity index (χ2v) is 4.58. The number of hydrogen-bond donors (Lipinski definition) is 0. The summed E-state index contributed by atoms with van der Waals surface area (Å²) in [4.78, 5) is 0. The lowest BCUT2D eigenvalue weighted by Crippen LogP contribution is -2.29. The number of benzene rings is 1. The van der Waals surface area contributed by atoms with Gasteiger partial charge in [0.1, 0.15) is 0 Å². The Morgan fingerprint density at radius 3 is 2.29 bits per heavy atom. The van der Waals surface area contributed by atoms with Crippen molar-refractivity contribution in [1.29, 1.82) is 0 Å². The highest BCUT2D eigenvalue weighted by atomic mass is 19.4. The molecule has 21 heavy (non-hydrogen) atoms. The molecule has 0 aliphatic carbocycles. The predicted molar refractivity (Wildman–Crippen MR) is 67.4 cm³/mol. The average molecular weight is 312 g/mol. The van der Waals surface area contributed by atoms with Crippen LogP contribution in [0.15, 0.2) is 12.1 Å². The molecule has 0 aliphatic heterocycles. The van der Waals surface area contributed by atoms with E-state index < -0.39 is 35.4 Å². The van der Waals surface area contributed by atoms with Gasteiger partial charge in [0, 0.05) is 18.1 Å². The molecule has 1 rings (SSSR count). The lowest BCUT2D eigenvalue weighted by atomic mass is 9.86. The van der Waals surface area contributed by atoms with Gasteiger partial charge in [-0.15, -0.1) is 0 Å². The molecule has 0 bridgehead atoms. The first kappa shape index (κ1) is 17.7. The second-order valence-electron chi connectivity index (χ2n) is 4.58. The summed E-state index contributed by atoms with van der Waals surface area (Å²) in [6.07, 6.45) is -4.49. The van der Waals surface area contributed by atoms with Crippen molar-refractivity contribution in [1.82, 2.24) is 0 Å². The van der Waals surface area contributed by atoms with Gasteiger partial charge in [-0.25, -0.2) is 4.39 Å². The Hall–Kier alpha value is -1.37. The molecule has 7 heteroatoms. The van der Waals surface area contributed by atoms with Gasteiger partial charge in [-0.2, -0.15) is 17.6 Å². The molecule has 0 heterocycles. The van der Waals surface area contributed by atoms with E-state index in [9.17, 15) is 22.0 Å². The van der Waals surface area contributed by atoms with Crippen molar-refractivity contribution >= 4 is 0 Å². The third-order valence-corrected chi connectivity index (χ3v) is 3.31. The summed E-state index contributed by atoms with van der Waals surface area (Å²) < 4.78 is 75.6. The van der Waals surface area contributed by atoms with Crippen LogP contribution in [0.3, 0.4) is 0 Å². The minimum atomic E-state index is -4.49. The normalized spacial score (nSPS) is 14.9. The van der Waals surface area contributed by atoms with Gasteiger partial charge in [0.15, 0.2) is 11.6 Å². The summed E-state index contributed by atoms with van der Waals surface area (Å²) in [5, 5.41) is 0. The molecule has 0 saturated heterocycles. The van der Waals surface area contributed by atoms with Crippen LogP contribution in [0.2, 0.25) is 0 Å². The van der Waals surface area contributed by atoms with Gasteiger partial charge in [0.2, 0.25) is 5.82 Å². The molecule has 0 radical (unpaired) electrons. The first-order valence-corrected chi connectivity index (χ1v) is 6.40. The minimum absolute atomic E-state index is 0.0605. The van der Waals surface area contributed by atoms with Gasteiger partial charge < -0.3 is 9.47 Å². The molecule has 1 aromatic rings. The van der Waals surface area contributed by atoms with E-state index in [1.54, 1.807) is 6.92 Å². The van der Waals surface area contributed by atoms with E-state index in [0.717, 1.165) is 26.2 Å². The fourth-order valence-electron chi connectivity index (χ4n) is 2.02. The van der Waals surface area contributed by atoms with E-state index in [1.165, 1.54) is 0 Å². The maximum absolute atomic E-state index is 13.7. The van der Waals surface area contributed by atoms with E-state index >= 15 is 0 Å². The number of hydrogen-bond acceptors (Lipinski definition) is 2. The number of rotatable bonds is 6. The number of ether oxygens (including phenoxy) is 2. The average Bonchev–Trinajstić information content (AvgIpc) is 2.41. The fraction of sp³-hybridized carbons (Fsp3) is 0.571. The maximum Gasteiger partial charge on any atom is 0.392 e. The van der Waals surface area contributed by atoms with Crippen LogP contribution >= 0.6 is 0 Å². The first-order chi connectivity index (χ1) is 9.73. The van der Waals surface area contributed by atoms with E-state index in [2.05, 4.69) is 0 Å². The number of alkyl halides is 3. The van der Waals surface area contributed by atoms with Crippen molar-refractivity contribution in [3.05, 3.63) is 29.3 Å². The molecular weight excluding hydrogens is 295 g/mol. The lowest BCUT2D eigenvalue weighted by Gasteiger charge is -2.27. The van der Waals surface area contributed by atoms with Gasteiger partial charge in [0.25, 0.3) is 0 Å². The molecule has 2 unspecified atom stereocenters. The molecule has 0 aliphatic rings. The molecule has 120 valence electrons. The Labute approximate surface area is 119 Å². The zero-order chi connectivity index (χ0) is 16.2. The van der Waals surface area contributed by atoms with E-state index in [-0.39, 0.29) is 18.8 Å². The van der Waals surface area contributed by atoms with Crippen LogP contribution in [0.5, 0.6) is 5.75 Å². The molecule has 0 fully saturated rings. The smallest absolute Gasteiger partial charge is 0.392 e. The van der Waals surface area contributed by atoms with Gasteiger partial charge in [-0.1, -0.05) is 13.0 Å². The summed E-state index contributed by atoms with van der Waals surface area (Å²) in [6, 6.07) is 1.89. The first-order valence-electron chi connectivity index (χ1n) is 6.40. The van der Waals surface area contributed by atoms with Crippen LogP contribution in [-0.4, -0.2) is 26.5 Å². The minimum Gasteiger partial charge on any atom is -0.493 e. The van der Waals surface area contributed by atoms with Crippen molar-refractivity contribution in [2.75, 3.05) is 20.3 Å². The Morgan fingerprint density at radius 1 is 1.19 bits per heavy atom. The van der Waals surface area contributed by atoms with Crippen molar-refractivity contribution in [3.8, 4) is 5.75 Å². The van der Waals surface area contributed by atoms with Crippen LogP contribution in [0, 0.1) is 17.6 Å². The monoisotopic (exact) mass is 312 g/mol. The summed E-state index contributed by atoms with van der Waals surface area (Å²) in [5.41, 5.74) is -0.0605. The van der Waals surface area contributed by atoms with Crippen LogP contribution in [0.25, 0.3) is 0 Å². The molecule has 0 spiro atoms. The maximum atomic E-state index is 13.7. The molecule has 2 nitrogen and oxygen atoms in total. The standard InChI is InChI=1S/C14H17F5O2/c1-4-21-7-10(8(2)14(17,18)19)9-5-6-11(15)12(16)13(9)20-3/h5-6,8,10H,4,7H2,1-3H3. The number of methoxy groups -OCH3 is 1. The van der Waals surface area contributed by atoms with Gasteiger partial charge in [0.05, 0.1) is 19.6 Å². The van der Waals surface area contributed by atoms with E-state index in [1.807, 2.05) is 0 Å². The zero-order valence-corrected chi connectivity index (χ0v) is 11.9. The summed E-state index contributed by atoms with van der Waals surface area (Å²) >= 11 is 0. The summed E-state index contributed by atoms with van der Waals surface area (Å²) in [6.45, 7) is 2.56. The van der Waals surface area contributed by atoms with Crippen molar-refractivity contribution in [2.45, 2.75) is 25.9 Å². The molecule has 0 saturated carbocycles. The van der Waals surface area contributed by atoms with E-state index in [0.29, 0.717) is 0 Å². The van der Waals surface area contributed by atoms with Crippen LogP contribution < -0.4 is 4.74 Å². The van der Waals surface area contributed by atoms with Gasteiger partial charge in [-0.3, -0.25) is 0 Å². The van der Waals surface area contributed by atoms with E-state index in [4.69, 9.17) is 9.47 Å². The van der Waals surface area contributed by atoms with Crippen LogP contribution in [0.1, 0.15) is 25.3 Å². The van der Waals surface area contributed by atoms with Crippen LogP contribution in [-0.2, 0) is 4.74 Å². The third-order valence-electron chi connectivity index (χ3n) is 3.31. The zero-order valence-electron chi connectivity index (χ0n) is 11.9.